The van der Waals surface area contributed by atoms with Gasteiger partial charge in [0, 0.05) is 48.7 Å². The standard InChI is InChI=1S/C28H27F2N9O/c1-28(2,40)15-39-23-12-21(30)19(11-22(23)35-36-39)25-24(16-5-6-17(13-31)20(29)10-16)34-27-26(33-7-9-38(25)27)37-8-3-4-18(32)14-37/h5-7,9-12,18,40H,3-4,8,14-15,32H2,1-2H3. The highest BCUT2D eigenvalue weighted by molar-refractivity contribution is 5.89. The van der Waals surface area contributed by atoms with Crippen LogP contribution < -0.4 is 10.6 Å². The minimum atomic E-state index is -1.08. The molecular formula is C28H27F2N9O. The molecule has 0 aliphatic carbocycles. The Morgan fingerprint density at radius 3 is 2.75 bits per heavy atom. The van der Waals surface area contributed by atoms with Crippen LogP contribution in [0.15, 0.2) is 42.7 Å². The summed E-state index contributed by atoms with van der Waals surface area (Å²) in [4.78, 5) is 11.5. The molecule has 3 N–H and O–H groups in total. The van der Waals surface area contributed by atoms with Gasteiger partial charge in [-0.1, -0.05) is 11.3 Å². The average Bonchev–Trinajstić information content (AvgIpc) is 3.48. The monoisotopic (exact) mass is 543 g/mol. The molecule has 0 radical (unpaired) electrons. The van der Waals surface area contributed by atoms with Crippen LogP contribution in [0, 0.1) is 23.0 Å². The molecular weight excluding hydrogens is 516 g/mol. The van der Waals surface area contributed by atoms with E-state index in [1.807, 2.05) is 6.07 Å². The van der Waals surface area contributed by atoms with Crippen LogP contribution in [0.25, 0.3) is 39.2 Å². The molecule has 12 heteroatoms. The minimum Gasteiger partial charge on any atom is -0.389 e. The van der Waals surface area contributed by atoms with E-state index in [0.29, 0.717) is 46.0 Å². The zero-order valence-corrected chi connectivity index (χ0v) is 22.0. The number of nitrogens with zero attached hydrogens (tertiary/aromatic N) is 8. The molecule has 1 aliphatic rings. The van der Waals surface area contributed by atoms with E-state index < -0.39 is 17.2 Å². The maximum absolute atomic E-state index is 16.0. The molecule has 1 atom stereocenters. The molecule has 0 spiro atoms. The molecule has 1 fully saturated rings. The number of nitrogens with two attached hydrogens (primary N) is 1. The van der Waals surface area contributed by atoms with Crippen LogP contribution in [-0.4, -0.2) is 59.2 Å². The number of rotatable bonds is 5. The molecule has 3 aromatic heterocycles. The fourth-order valence-corrected chi connectivity index (χ4v) is 5.25. The largest absolute Gasteiger partial charge is 0.389 e. The summed E-state index contributed by atoms with van der Waals surface area (Å²) in [5.74, 6) is -0.673. The summed E-state index contributed by atoms with van der Waals surface area (Å²) in [6, 6.07) is 8.91. The summed E-state index contributed by atoms with van der Waals surface area (Å²) < 4.78 is 33.9. The van der Waals surface area contributed by atoms with Crippen LogP contribution in [-0.2, 0) is 6.54 Å². The van der Waals surface area contributed by atoms with Crippen molar-refractivity contribution in [2.45, 2.75) is 44.9 Å². The third-order valence-corrected chi connectivity index (χ3v) is 7.04. The number of anilines is 1. The summed E-state index contributed by atoms with van der Waals surface area (Å²) in [5, 5.41) is 27.8. The van der Waals surface area contributed by atoms with Crippen LogP contribution in [0.4, 0.5) is 14.6 Å². The number of hydrogen-bond acceptors (Lipinski definition) is 8. The Morgan fingerprint density at radius 2 is 2.02 bits per heavy atom. The third kappa shape index (κ3) is 4.53. The lowest BCUT2D eigenvalue weighted by molar-refractivity contribution is 0.0585. The van der Waals surface area contributed by atoms with Crippen LogP contribution >= 0.6 is 0 Å². The Morgan fingerprint density at radius 1 is 1.20 bits per heavy atom. The fourth-order valence-electron chi connectivity index (χ4n) is 5.25. The van der Waals surface area contributed by atoms with Crippen molar-refractivity contribution in [3.05, 3.63) is 59.9 Å². The molecule has 10 nitrogen and oxygen atoms in total. The lowest BCUT2D eigenvalue weighted by atomic mass is 10.0. The predicted molar refractivity (Wildman–Crippen MR) is 145 cm³/mol. The summed E-state index contributed by atoms with van der Waals surface area (Å²) in [7, 11) is 0. The van der Waals surface area contributed by atoms with Gasteiger partial charge in [-0.3, -0.25) is 4.40 Å². The number of nitriles is 1. The van der Waals surface area contributed by atoms with Gasteiger partial charge in [-0.25, -0.2) is 23.4 Å². The maximum atomic E-state index is 16.0. The van der Waals surface area contributed by atoms with Crippen molar-refractivity contribution in [3.63, 3.8) is 0 Å². The smallest absolute Gasteiger partial charge is 0.181 e. The second kappa shape index (κ2) is 9.62. The first-order valence-electron chi connectivity index (χ1n) is 13.0. The zero-order chi connectivity index (χ0) is 28.2. The Labute approximate surface area is 228 Å². The molecule has 204 valence electrons. The van der Waals surface area contributed by atoms with Crippen LogP contribution in [0.2, 0.25) is 0 Å². The minimum absolute atomic E-state index is 0.0105. The quantitative estimate of drug-likeness (QED) is 0.343. The van der Waals surface area contributed by atoms with Crippen molar-refractivity contribution in [1.82, 2.24) is 29.4 Å². The topological polar surface area (TPSA) is 134 Å². The SMILES string of the molecule is CC(C)(O)Cn1nnc2cc(-c3c(-c4ccc(C#N)c(F)c4)nc4c(N5CCCC(N)C5)nccn34)c(F)cc21. The van der Waals surface area contributed by atoms with E-state index >= 15 is 4.39 Å². The molecule has 0 saturated carbocycles. The highest BCUT2D eigenvalue weighted by Crippen LogP contribution is 2.38. The molecule has 2 aromatic carbocycles. The number of aromatic nitrogens is 6. The third-order valence-electron chi connectivity index (χ3n) is 7.04. The highest BCUT2D eigenvalue weighted by atomic mass is 19.1. The van der Waals surface area contributed by atoms with E-state index in [9.17, 15) is 14.8 Å². The maximum Gasteiger partial charge on any atom is 0.181 e. The first-order valence-corrected chi connectivity index (χ1v) is 13.0. The van der Waals surface area contributed by atoms with Gasteiger partial charge in [0.15, 0.2) is 11.5 Å². The number of benzene rings is 2. The van der Waals surface area contributed by atoms with Gasteiger partial charge in [0.05, 0.1) is 34.6 Å². The highest BCUT2D eigenvalue weighted by Gasteiger charge is 2.27. The first-order chi connectivity index (χ1) is 19.1. The van der Waals surface area contributed by atoms with Gasteiger partial charge in [0.1, 0.15) is 23.2 Å². The predicted octanol–water partition coefficient (Wildman–Crippen LogP) is 3.66. The fraction of sp³-hybridized carbons (Fsp3) is 0.321. The van der Waals surface area contributed by atoms with Crippen molar-refractivity contribution in [3.8, 4) is 28.6 Å². The summed E-state index contributed by atoms with van der Waals surface area (Å²) in [6.45, 7) is 4.73. The van der Waals surface area contributed by atoms with Crippen molar-refractivity contribution in [1.29, 1.82) is 5.26 Å². The van der Waals surface area contributed by atoms with E-state index in [1.54, 1.807) is 42.8 Å². The number of aliphatic hydroxyl groups is 1. The lowest BCUT2D eigenvalue weighted by Crippen LogP contribution is -2.43. The van der Waals surface area contributed by atoms with Gasteiger partial charge in [0.25, 0.3) is 0 Å². The molecule has 1 aliphatic heterocycles. The molecule has 5 aromatic rings. The number of piperidine rings is 1. The Bertz CT molecular complexity index is 1800. The van der Waals surface area contributed by atoms with E-state index in [2.05, 4.69) is 20.2 Å². The summed E-state index contributed by atoms with van der Waals surface area (Å²) >= 11 is 0. The molecule has 6 rings (SSSR count). The Balaban J connectivity index is 1.59. The van der Waals surface area contributed by atoms with Crippen molar-refractivity contribution >= 4 is 22.5 Å². The zero-order valence-electron chi connectivity index (χ0n) is 22.0. The number of halogens is 2. The van der Waals surface area contributed by atoms with Gasteiger partial charge < -0.3 is 15.7 Å². The van der Waals surface area contributed by atoms with Crippen LogP contribution in [0.5, 0.6) is 0 Å². The van der Waals surface area contributed by atoms with Gasteiger partial charge in [-0.05, 0) is 44.9 Å². The summed E-state index contributed by atoms with van der Waals surface area (Å²) in [6.07, 6.45) is 5.11. The van der Waals surface area contributed by atoms with E-state index in [4.69, 9.17) is 10.7 Å². The van der Waals surface area contributed by atoms with Crippen molar-refractivity contribution in [2.24, 2.45) is 5.73 Å². The average molecular weight is 544 g/mol. The first kappa shape index (κ1) is 25.8. The Hall–Kier alpha value is -4.47. The molecule has 40 heavy (non-hydrogen) atoms. The van der Waals surface area contributed by atoms with E-state index in [-0.39, 0.29) is 23.7 Å². The molecule has 0 amide bonds. The van der Waals surface area contributed by atoms with Gasteiger partial charge in [-0.15, -0.1) is 5.10 Å². The van der Waals surface area contributed by atoms with E-state index in [0.717, 1.165) is 19.4 Å². The van der Waals surface area contributed by atoms with Crippen LogP contribution in [0.1, 0.15) is 32.3 Å². The lowest BCUT2D eigenvalue weighted by Gasteiger charge is -2.31. The normalized spacial score (nSPS) is 16.1. The van der Waals surface area contributed by atoms with Gasteiger partial charge in [-0.2, -0.15) is 5.26 Å². The molecule has 4 heterocycles. The van der Waals surface area contributed by atoms with Crippen molar-refractivity contribution in [2.75, 3.05) is 18.0 Å². The summed E-state index contributed by atoms with van der Waals surface area (Å²) in [5.41, 5.74) is 7.62. The van der Waals surface area contributed by atoms with Gasteiger partial charge >= 0.3 is 0 Å². The van der Waals surface area contributed by atoms with Crippen molar-refractivity contribution < 1.29 is 13.9 Å². The molecule has 1 unspecified atom stereocenters. The van der Waals surface area contributed by atoms with E-state index in [1.165, 1.54) is 22.9 Å². The molecule has 1 saturated heterocycles. The number of imidazole rings is 1. The van der Waals surface area contributed by atoms with Crippen LogP contribution in [0.3, 0.4) is 0 Å². The van der Waals surface area contributed by atoms with Gasteiger partial charge in [0.2, 0.25) is 0 Å². The Kier molecular flexibility index (Phi) is 6.20. The molecule has 0 bridgehead atoms. The second-order valence-electron chi connectivity index (χ2n) is 10.8. The number of fused-ring (bicyclic) bond motifs is 2. The second-order valence-corrected chi connectivity index (χ2v) is 10.8. The number of hydrogen-bond donors (Lipinski definition) is 2.